The molecule has 3 heterocycles. The lowest BCUT2D eigenvalue weighted by Gasteiger charge is -2.49. The standard InChI is InChI=1S/C26H24F3N3O8/c1-12(33)38-23-20(32-10-17(30-31-32)14-8-15(27)19(29)16(28)9-14)22-18(39-24(23)21(34)25(35)36-2)11-37-26(40-22)13-6-4-3-5-7-13/h3-10,18,20-24,26,34H,11H2,1-2H3/t18?,20?,21-,22-,23?,24-,26?/m0/s1. The summed E-state index contributed by atoms with van der Waals surface area (Å²) in [7, 11) is 1.07. The lowest BCUT2D eigenvalue weighted by Crippen LogP contribution is -2.63. The molecule has 0 spiro atoms. The summed E-state index contributed by atoms with van der Waals surface area (Å²) >= 11 is 0. The number of aliphatic hydroxyl groups excluding tert-OH is 1. The zero-order chi connectivity index (χ0) is 28.6. The normalized spacial score (nSPS) is 26.9. The van der Waals surface area contributed by atoms with Crippen LogP contribution < -0.4 is 0 Å². The molecule has 0 bridgehead atoms. The molecule has 2 saturated heterocycles. The summed E-state index contributed by atoms with van der Waals surface area (Å²) in [6.45, 7) is 1.08. The van der Waals surface area contributed by atoms with Gasteiger partial charge in [0.1, 0.15) is 30.0 Å². The predicted molar refractivity (Wildman–Crippen MR) is 127 cm³/mol. The zero-order valence-electron chi connectivity index (χ0n) is 21.1. The Hall–Kier alpha value is -3.85. The largest absolute Gasteiger partial charge is 0.467 e. The molecule has 0 saturated carbocycles. The molecule has 0 amide bonds. The molecule has 3 aromatic rings. The monoisotopic (exact) mass is 563 g/mol. The van der Waals surface area contributed by atoms with Gasteiger partial charge in [0.15, 0.2) is 35.9 Å². The topological polar surface area (TPSA) is 131 Å². The van der Waals surface area contributed by atoms with Crippen LogP contribution >= 0.6 is 0 Å². The highest BCUT2D eigenvalue weighted by Crippen LogP contribution is 2.41. The van der Waals surface area contributed by atoms with Crippen molar-refractivity contribution in [3.05, 3.63) is 71.7 Å². The van der Waals surface area contributed by atoms with E-state index in [1.165, 1.54) is 10.9 Å². The van der Waals surface area contributed by atoms with E-state index in [2.05, 4.69) is 15.0 Å². The molecule has 14 heteroatoms. The van der Waals surface area contributed by atoms with Gasteiger partial charge in [-0.2, -0.15) is 0 Å². The maximum absolute atomic E-state index is 13.9. The first kappa shape index (κ1) is 27.7. The van der Waals surface area contributed by atoms with Crippen LogP contribution in [0.25, 0.3) is 11.3 Å². The van der Waals surface area contributed by atoms with Gasteiger partial charge < -0.3 is 28.8 Å². The Kier molecular flexibility index (Phi) is 7.85. The molecule has 2 fully saturated rings. The molecule has 212 valence electrons. The van der Waals surface area contributed by atoms with Gasteiger partial charge in [0.05, 0.1) is 19.9 Å². The molecule has 2 aliphatic rings. The number of carbonyl (C=O) groups excluding carboxylic acids is 2. The molecule has 2 aromatic carbocycles. The van der Waals surface area contributed by atoms with E-state index in [-0.39, 0.29) is 17.9 Å². The Labute approximate surface area is 225 Å². The quantitative estimate of drug-likeness (QED) is 0.352. The average molecular weight is 563 g/mol. The van der Waals surface area contributed by atoms with Crippen molar-refractivity contribution < 1.29 is 51.6 Å². The number of nitrogens with zero attached hydrogens (tertiary/aromatic N) is 3. The lowest BCUT2D eigenvalue weighted by molar-refractivity contribution is -0.324. The van der Waals surface area contributed by atoms with Crippen LogP contribution in [0.3, 0.4) is 0 Å². The van der Waals surface area contributed by atoms with Crippen molar-refractivity contribution in [2.75, 3.05) is 13.7 Å². The number of rotatable bonds is 6. The minimum absolute atomic E-state index is 0.0425. The third-order valence-electron chi connectivity index (χ3n) is 6.61. The second-order valence-electron chi connectivity index (χ2n) is 9.19. The number of ether oxygens (including phenoxy) is 5. The van der Waals surface area contributed by atoms with Crippen LogP contribution in [0.5, 0.6) is 0 Å². The fourth-order valence-corrected chi connectivity index (χ4v) is 4.81. The SMILES string of the molecule is COC(=O)[C@@H](O)[C@@H]1OC2COC(c3ccccc3)O[C@@H]2C(n2cc(-c3cc(F)c(F)c(F)c3)nn2)C1OC(C)=O. The van der Waals surface area contributed by atoms with Crippen LogP contribution in [0.1, 0.15) is 24.8 Å². The van der Waals surface area contributed by atoms with Gasteiger partial charge in [0.2, 0.25) is 0 Å². The highest BCUT2D eigenvalue weighted by molar-refractivity contribution is 5.75. The summed E-state index contributed by atoms with van der Waals surface area (Å²) in [5.74, 6) is -6.30. The Bertz CT molecular complexity index is 1370. The van der Waals surface area contributed by atoms with Crippen LogP contribution in [0.4, 0.5) is 13.2 Å². The predicted octanol–water partition coefficient (Wildman–Crippen LogP) is 2.25. The highest BCUT2D eigenvalue weighted by atomic mass is 19.2. The number of carbonyl (C=O) groups is 2. The van der Waals surface area contributed by atoms with E-state index in [1.54, 1.807) is 24.3 Å². The summed E-state index contributed by atoms with van der Waals surface area (Å²) in [5, 5.41) is 18.8. The Morgan fingerprint density at radius 1 is 1.12 bits per heavy atom. The van der Waals surface area contributed by atoms with Gasteiger partial charge in [-0.15, -0.1) is 5.10 Å². The summed E-state index contributed by atoms with van der Waals surface area (Å²) < 4.78 is 70.8. The Morgan fingerprint density at radius 2 is 1.82 bits per heavy atom. The van der Waals surface area contributed by atoms with E-state index >= 15 is 0 Å². The number of benzene rings is 2. The van der Waals surface area contributed by atoms with Gasteiger partial charge in [-0.25, -0.2) is 22.6 Å². The number of aliphatic hydroxyl groups is 1. The second kappa shape index (κ2) is 11.3. The van der Waals surface area contributed by atoms with Crippen LogP contribution in [0.2, 0.25) is 0 Å². The first-order valence-corrected chi connectivity index (χ1v) is 12.1. The molecule has 0 aliphatic carbocycles. The van der Waals surface area contributed by atoms with Crippen LogP contribution in [-0.4, -0.2) is 76.3 Å². The van der Waals surface area contributed by atoms with Gasteiger partial charge in [-0.3, -0.25) is 4.79 Å². The van der Waals surface area contributed by atoms with Crippen molar-refractivity contribution in [3.63, 3.8) is 0 Å². The molecule has 1 aromatic heterocycles. The average Bonchev–Trinajstić information content (AvgIpc) is 3.44. The molecular weight excluding hydrogens is 539 g/mol. The van der Waals surface area contributed by atoms with Gasteiger partial charge in [-0.1, -0.05) is 35.5 Å². The highest BCUT2D eigenvalue weighted by Gasteiger charge is 2.55. The second-order valence-corrected chi connectivity index (χ2v) is 9.19. The molecule has 5 rings (SSSR count). The Balaban J connectivity index is 1.57. The number of fused-ring (bicyclic) bond motifs is 1. The minimum Gasteiger partial charge on any atom is -0.467 e. The van der Waals surface area contributed by atoms with E-state index < -0.39 is 72.2 Å². The van der Waals surface area contributed by atoms with Crippen LogP contribution in [-0.2, 0) is 33.3 Å². The maximum Gasteiger partial charge on any atom is 0.337 e. The molecular formula is C26H24F3N3O8. The number of hydrogen-bond acceptors (Lipinski definition) is 10. The van der Waals surface area contributed by atoms with Crippen molar-refractivity contribution in [1.29, 1.82) is 0 Å². The van der Waals surface area contributed by atoms with Crippen molar-refractivity contribution in [1.82, 2.24) is 15.0 Å². The van der Waals surface area contributed by atoms with Crippen molar-refractivity contribution in [3.8, 4) is 11.3 Å². The molecule has 4 unspecified atom stereocenters. The smallest absolute Gasteiger partial charge is 0.337 e. The van der Waals surface area contributed by atoms with Crippen molar-refractivity contribution in [2.24, 2.45) is 0 Å². The molecule has 7 atom stereocenters. The fourth-order valence-electron chi connectivity index (χ4n) is 4.81. The van der Waals surface area contributed by atoms with Gasteiger partial charge >= 0.3 is 11.9 Å². The Morgan fingerprint density at radius 3 is 2.48 bits per heavy atom. The molecule has 0 radical (unpaired) electrons. The number of halogens is 3. The first-order chi connectivity index (χ1) is 19.2. The van der Waals surface area contributed by atoms with Gasteiger partial charge in [0.25, 0.3) is 0 Å². The zero-order valence-corrected chi connectivity index (χ0v) is 21.1. The van der Waals surface area contributed by atoms with Crippen LogP contribution in [0.15, 0.2) is 48.7 Å². The number of aromatic nitrogens is 3. The molecule has 2 aliphatic heterocycles. The number of methoxy groups -OCH3 is 1. The first-order valence-electron chi connectivity index (χ1n) is 12.1. The molecule has 11 nitrogen and oxygen atoms in total. The number of esters is 2. The number of hydrogen-bond donors (Lipinski definition) is 1. The summed E-state index contributed by atoms with van der Waals surface area (Å²) in [6, 6.07) is 9.38. The summed E-state index contributed by atoms with van der Waals surface area (Å²) in [6.07, 6.45) is -6.12. The van der Waals surface area contributed by atoms with E-state index in [9.17, 15) is 27.9 Å². The van der Waals surface area contributed by atoms with E-state index in [1.807, 2.05) is 6.07 Å². The minimum atomic E-state index is -1.88. The van der Waals surface area contributed by atoms with Gasteiger partial charge in [-0.05, 0) is 12.1 Å². The van der Waals surface area contributed by atoms with E-state index in [0.29, 0.717) is 5.56 Å². The van der Waals surface area contributed by atoms with E-state index in [4.69, 9.17) is 18.9 Å². The molecule has 1 N–H and O–H groups in total. The van der Waals surface area contributed by atoms with Crippen molar-refractivity contribution in [2.45, 2.75) is 49.8 Å². The third-order valence-corrected chi connectivity index (χ3v) is 6.61. The fraction of sp³-hybridized carbons (Fsp3) is 0.385. The van der Waals surface area contributed by atoms with Crippen LogP contribution in [0, 0.1) is 17.5 Å². The summed E-state index contributed by atoms with van der Waals surface area (Å²) in [4.78, 5) is 24.4. The lowest BCUT2D eigenvalue weighted by atomic mass is 9.89. The molecule has 40 heavy (non-hydrogen) atoms. The maximum atomic E-state index is 13.9. The third kappa shape index (κ3) is 5.30. The van der Waals surface area contributed by atoms with E-state index in [0.717, 1.165) is 26.2 Å². The van der Waals surface area contributed by atoms with Crippen molar-refractivity contribution >= 4 is 11.9 Å². The summed E-state index contributed by atoms with van der Waals surface area (Å²) in [5.41, 5.74) is 0.521. The van der Waals surface area contributed by atoms with Gasteiger partial charge in [0, 0.05) is 18.1 Å².